The van der Waals surface area contributed by atoms with Gasteiger partial charge in [0.2, 0.25) is 0 Å². The lowest BCUT2D eigenvalue weighted by molar-refractivity contribution is 0.284. The molecule has 0 bridgehead atoms. The van der Waals surface area contributed by atoms with Crippen molar-refractivity contribution in [3.05, 3.63) is 28.2 Å². The molecule has 0 aliphatic rings. The van der Waals surface area contributed by atoms with Crippen LogP contribution in [-0.4, -0.2) is 19.7 Å². The highest BCUT2D eigenvalue weighted by molar-refractivity contribution is 9.10. The molecule has 0 amide bonds. The summed E-state index contributed by atoms with van der Waals surface area (Å²) < 4.78 is 6.57. The summed E-state index contributed by atoms with van der Waals surface area (Å²) in [6.45, 7) is 10.1. The Balaban J connectivity index is 2.79. The molecular weight excluding hydrogens is 302 g/mol. The van der Waals surface area contributed by atoms with Gasteiger partial charge in [0, 0.05) is 10.5 Å². The molecule has 1 unspecified atom stereocenters. The molecule has 108 valence electrons. The van der Waals surface area contributed by atoms with E-state index in [1.54, 1.807) is 7.11 Å². The second-order valence-corrected chi connectivity index (χ2v) is 6.88. The van der Waals surface area contributed by atoms with Crippen molar-refractivity contribution >= 4 is 15.9 Å². The Bertz CT molecular complexity index is 404. The molecule has 0 aliphatic carbocycles. The molecule has 0 saturated carbocycles. The van der Waals surface area contributed by atoms with E-state index in [2.05, 4.69) is 55.0 Å². The molecule has 1 aromatic carbocycles. The van der Waals surface area contributed by atoms with Gasteiger partial charge in [0.15, 0.2) is 0 Å². The standard InChI is InChI=1S/C16H26BrNO/c1-6-18-12(2)10-16(3,4)11-13-9-14(17)7-8-15(13)19-5/h7-9,12,18H,6,10-11H2,1-5H3. The molecule has 0 spiro atoms. The average molecular weight is 328 g/mol. The summed E-state index contributed by atoms with van der Waals surface area (Å²) in [5, 5.41) is 3.49. The summed E-state index contributed by atoms with van der Waals surface area (Å²) in [5.41, 5.74) is 1.51. The molecule has 0 radical (unpaired) electrons. The number of benzene rings is 1. The van der Waals surface area contributed by atoms with Crippen LogP contribution in [0, 0.1) is 5.41 Å². The number of hydrogen-bond acceptors (Lipinski definition) is 2. The van der Waals surface area contributed by atoms with Crippen molar-refractivity contribution in [3.8, 4) is 5.75 Å². The molecular formula is C16H26BrNO. The van der Waals surface area contributed by atoms with Crippen LogP contribution in [0.3, 0.4) is 0 Å². The van der Waals surface area contributed by atoms with E-state index in [9.17, 15) is 0 Å². The minimum absolute atomic E-state index is 0.246. The van der Waals surface area contributed by atoms with E-state index in [-0.39, 0.29) is 5.41 Å². The monoisotopic (exact) mass is 327 g/mol. The fourth-order valence-corrected chi connectivity index (χ4v) is 3.13. The molecule has 1 atom stereocenters. The molecule has 1 rings (SSSR count). The largest absolute Gasteiger partial charge is 0.496 e. The highest BCUT2D eigenvalue weighted by atomic mass is 79.9. The summed E-state index contributed by atoms with van der Waals surface area (Å²) >= 11 is 3.54. The van der Waals surface area contributed by atoms with Crippen molar-refractivity contribution in [2.75, 3.05) is 13.7 Å². The summed E-state index contributed by atoms with van der Waals surface area (Å²) in [7, 11) is 1.74. The summed E-state index contributed by atoms with van der Waals surface area (Å²) in [6.07, 6.45) is 2.17. The first-order valence-corrected chi connectivity index (χ1v) is 7.73. The first kappa shape index (κ1) is 16.5. The average Bonchev–Trinajstić information content (AvgIpc) is 2.28. The Kier molecular flexibility index (Phi) is 6.34. The third-order valence-electron chi connectivity index (χ3n) is 3.32. The SMILES string of the molecule is CCNC(C)CC(C)(C)Cc1cc(Br)ccc1OC. The first-order valence-electron chi connectivity index (χ1n) is 6.93. The fourth-order valence-electron chi connectivity index (χ4n) is 2.72. The van der Waals surface area contributed by atoms with E-state index >= 15 is 0 Å². The molecule has 1 aromatic rings. The predicted octanol–water partition coefficient (Wildman–Crippen LogP) is 4.41. The quantitative estimate of drug-likeness (QED) is 0.800. The van der Waals surface area contributed by atoms with Crippen LogP contribution >= 0.6 is 15.9 Å². The number of methoxy groups -OCH3 is 1. The van der Waals surface area contributed by atoms with Gasteiger partial charge in [-0.1, -0.05) is 36.7 Å². The molecule has 0 heterocycles. The highest BCUT2D eigenvalue weighted by Crippen LogP contribution is 2.33. The summed E-state index contributed by atoms with van der Waals surface area (Å²) in [5.74, 6) is 0.979. The van der Waals surface area contributed by atoms with Crippen LogP contribution in [0.25, 0.3) is 0 Å². The van der Waals surface area contributed by atoms with E-state index in [4.69, 9.17) is 4.74 Å². The maximum absolute atomic E-state index is 5.46. The molecule has 0 aliphatic heterocycles. The van der Waals surface area contributed by atoms with Crippen LogP contribution in [0.15, 0.2) is 22.7 Å². The molecule has 19 heavy (non-hydrogen) atoms. The van der Waals surface area contributed by atoms with Gasteiger partial charge in [-0.3, -0.25) is 0 Å². The Morgan fingerprint density at radius 2 is 2.05 bits per heavy atom. The highest BCUT2D eigenvalue weighted by Gasteiger charge is 2.23. The number of rotatable bonds is 7. The molecule has 0 saturated heterocycles. The lowest BCUT2D eigenvalue weighted by Crippen LogP contribution is -2.32. The predicted molar refractivity (Wildman–Crippen MR) is 85.9 cm³/mol. The van der Waals surface area contributed by atoms with Crippen LogP contribution < -0.4 is 10.1 Å². The van der Waals surface area contributed by atoms with Gasteiger partial charge >= 0.3 is 0 Å². The molecule has 0 fully saturated rings. The van der Waals surface area contributed by atoms with Gasteiger partial charge in [-0.25, -0.2) is 0 Å². The topological polar surface area (TPSA) is 21.3 Å². The molecule has 1 N–H and O–H groups in total. The second kappa shape index (κ2) is 7.30. The van der Waals surface area contributed by atoms with Gasteiger partial charge in [-0.15, -0.1) is 0 Å². The Morgan fingerprint density at radius 3 is 2.63 bits per heavy atom. The normalized spacial score (nSPS) is 13.4. The molecule has 0 aromatic heterocycles. The second-order valence-electron chi connectivity index (χ2n) is 5.96. The van der Waals surface area contributed by atoms with Crippen molar-refractivity contribution in [1.82, 2.24) is 5.32 Å². The zero-order valence-electron chi connectivity index (χ0n) is 12.7. The summed E-state index contributed by atoms with van der Waals surface area (Å²) in [4.78, 5) is 0. The Hall–Kier alpha value is -0.540. The van der Waals surface area contributed by atoms with Gasteiger partial charge in [-0.2, -0.15) is 0 Å². The fraction of sp³-hybridized carbons (Fsp3) is 0.625. The minimum atomic E-state index is 0.246. The lowest BCUT2D eigenvalue weighted by atomic mass is 9.80. The van der Waals surface area contributed by atoms with Crippen molar-refractivity contribution in [1.29, 1.82) is 0 Å². The van der Waals surface area contributed by atoms with Crippen molar-refractivity contribution in [2.24, 2.45) is 5.41 Å². The van der Waals surface area contributed by atoms with Crippen molar-refractivity contribution in [3.63, 3.8) is 0 Å². The van der Waals surface area contributed by atoms with E-state index in [0.29, 0.717) is 6.04 Å². The van der Waals surface area contributed by atoms with Crippen LogP contribution in [0.1, 0.15) is 39.7 Å². The maximum Gasteiger partial charge on any atom is 0.122 e. The number of ether oxygens (including phenoxy) is 1. The van der Waals surface area contributed by atoms with Gasteiger partial charge < -0.3 is 10.1 Å². The zero-order chi connectivity index (χ0) is 14.5. The number of halogens is 1. The van der Waals surface area contributed by atoms with Crippen molar-refractivity contribution in [2.45, 2.75) is 46.6 Å². The molecule has 3 heteroatoms. The zero-order valence-corrected chi connectivity index (χ0v) is 14.3. The first-order chi connectivity index (χ1) is 8.88. The smallest absolute Gasteiger partial charge is 0.122 e. The third kappa shape index (κ3) is 5.53. The van der Waals surface area contributed by atoms with Crippen LogP contribution in [0.5, 0.6) is 5.75 Å². The van der Waals surface area contributed by atoms with Gasteiger partial charge in [0.05, 0.1) is 7.11 Å². The van der Waals surface area contributed by atoms with Crippen LogP contribution in [0.4, 0.5) is 0 Å². The van der Waals surface area contributed by atoms with E-state index in [0.717, 1.165) is 29.6 Å². The lowest BCUT2D eigenvalue weighted by Gasteiger charge is -2.29. The van der Waals surface area contributed by atoms with Crippen LogP contribution in [-0.2, 0) is 6.42 Å². The molecule has 2 nitrogen and oxygen atoms in total. The third-order valence-corrected chi connectivity index (χ3v) is 3.82. The minimum Gasteiger partial charge on any atom is -0.496 e. The number of hydrogen-bond donors (Lipinski definition) is 1. The van der Waals surface area contributed by atoms with Gasteiger partial charge in [0.25, 0.3) is 0 Å². The van der Waals surface area contributed by atoms with E-state index in [1.807, 2.05) is 12.1 Å². The number of nitrogens with one attached hydrogen (secondary N) is 1. The summed E-state index contributed by atoms with van der Waals surface area (Å²) in [6, 6.07) is 6.76. The van der Waals surface area contributed by atoms with Gasteiger partial charge in [-0.05, 0) is 55.5 Å². The van der Waals surface area contributed by atoms with Crippen molar-refractivity contribution < 1.29 is 4.74 Å². The van der Waals surface area contributed by atoms with E-state index in [1.165, 1.54) is 5.56 Å². The maximum atomic E-state index is 5.46. The van der Waals surface area contributed by atoms with Gasteiger partial charge in [0.1, 0.15) is 5.75 Å². The van der Waals surface area contributed by atoms with E-state index < -0.39 is 0 Å². The Labute approximate surface area is 126 Å². The van der Waals surface area contributed by atoms with Crippen LogP contribution in [0.2, 0.25) is 0 Å². The Morgan fingerprint density at radius 1 is 1.37 bits per heavy atom.